The molecule has 0 atom stereocenters. The first-order chi connectivity index (χ1) is 11.0. The van der Waals surface area contributed by atoms with Gasteiger partial charge in [0.05, 0.1) is 17.1 Å². The van der Waals surface area contributed by atoms with Gasteiger partial charge >= 0.3 is 0 Å². The van der Waals surface area contributed by atoms with Crippen LogP contribution in [0.4, 0.5) is 5.13 Å². The number of nitrogens with one attached hydrogen (secondary N) is 2. The molecule has 0 spiro atoms. The number of amides is 1. The molecule has 0 aliphatic heterocycles. The fourth-order valence-electron chi connectivity index (χ4n) is 2.11. The van der Waals surface area contributed by atoms with Crippen LogP contribution in [0, 0.1) is 13.8 Å². The number of carbonyl (C=O) groups excluding carboxylic acids is 1. The predicted molar refractivity (Wildman–Crippen MR) is 88.8 cm³/mol. The van der Waals surface area contributed by atoms with Gasteiger partial charge in [0.2, 0.25) is 0 Å². The van der Waals surface area contributed by atoms with E-state index in [1.54, 1.807) is 13.8 Å². The Bertz CT molecular complexity index is 937. The molecule has 0 aliphatic rings. The van der Waals surface area contributed by atoms with Crippen LogP contribution in [-0.2, 0) is 7.05 Å². The summed E-state index contributed by atoms with van der Waals surface area (Å²) < 4.78 is 1.94. The highest BCUT2D eigenvalue weighted by molar-refractivity contribution is 7.14. The number of rotatable bonds is 3. The Hall–Kier alpha value is -2.74. The van der Waals surface area contributed by atoms with Crippen LogP contribution in [0.1, 0.15) is 21.9 Å². The van der Waals surface area contributed by atoms with Crippen molar-refractivity contribution in [2.24, 2.45) is 7.05 Å². The second kappa shape index (κ2) is 5.81. The summed E-state index contributed by atoms with van der Waals surface area (Å²) in [5.74, 6) is -0.567. The van der Waals surface area contributed by atoms with Gasteiger partial charge in [-0.3, -0.25) is 14.9 Å². The van der Waals surface area contributed by atoms with Crippen molar-refractivity contribution in [2.75, 3.05) is 5.32 Å². The number of carbonyl (C=O) groups is 1. The zero-order chi connectivity index (χ0) is 16.6. The van der Waals surface area contributed by atoms with E-state index in [-0.39, 0.29) is 5.69 Å². The van der Waals surface area contributed by atoms with Gasteiger partial charge in [0.25, 0.3) is 11.5 Å². The average molecular weight is 329 g/mol. The third kappa shape index (κ3) is 2.93. The topological polar surface area (TPSA) is 92.7 Å². The predicted octanol–water partition coefficient (Wildman–Crippen LogP) is 2.10. The number of hydrogen-bond donors (Lipinski definition) is 2. The first kappa shape index (κ1) is 15.2. The van der Waals surface area contributed by atoms with Crippen LogP contribution >= 0.6 is 11.3 Å². The Balaban J connectivity index is 1.84. The maximum atomic E-state index is 12.2. The second-order valence-electron chi connectivity index (χ2n) is 5.12. The van der Waals surface area contributed by atoms with E-state index >= 15 is 0 Å². The molecule has 8 heteroatoms. The normalized spacial score (nSPS) is 10.7. The van der Waals surface area contributed by atoms with E-state index in [2.05, 4.69) is 20.3 Å². The summed E-state index contributed by atoms with van der Waals surface area (Å²) in [5, 5.41) is 4.90. The number of aromatic nitrogens is 4. The Morgan fingerprint density at radius 1 is 1.35 bits per heavy atom. The van der Waals surface area contributed by atoms with Crippen molar-refractivity contribution in [3.63, 3.8) is 0 Å². The minimum Gasteiger partial charge on any atom is -0.349 e. The zero-order valence-electron chi connectivity index (χ0n) is 12.9. The largest absolute Gasteiger partial charge is 0.349 e. The van der Waals surface area contributed by atoms with E-state index in [0.29, 0.717) is 16.5 Å². The number of nitrogens with zero attached hydrogens (tertiary/aromatic N) is 3. The minimum atomic E-state index is -0.567. The van der Waals surface area contributed by atoms with Gasteiger partial charge in [0.1, 0.15) is 0 Å². The molecule has 2 N–H and O–H groups in total. The minimum absolute atomic E-state index is 0.163. The maximum Gasteiger partial charge on any atom is 0.281 e. The molecular weight excluding hydrogens is 314 g/mol. The number of thiazole rings is 1. The fraction of sp³-hybridized carbons (Fsp3) is 0.200. The molecule has 7 nitrogen and oxygen atoms in total. The lowest BCUT2D eigenvalue weighted by Gasteiger charge is -2.03. The summed E-state index contributed by atoms with van der Waals surface area (Å²) in [6.45, 7) is 3.47. The Labute approximate surface area is 136 Å². The van der Waals surface area contributed by atoms with E-state index in [1.165, 1.54) is 11.3 Å². The molecule has 0 bridgehead atoms. The van der Waals surface area contributed by atoms with E-state index < -0.39 is 11.5 Å². The van der Waals surface area contributed by atoms with E-state index in [9.17, 15) is 9.59 Å². The molecule has 23 heavy (non-hydrogen) atoms. The van der Waals surface area contributed by atoms with Crippen molar-refractivity contribution in [2.45, 2.75) is 13.8 Å². The van der Waals surface area contributed by atoms with Crippen molar-refractivity contribution >= 4 is 22.4 Å². The van der Waals surface area contributed by atoms with Gasteiger partial charge in [-0.15, -0.1) is 11.3 Å². The SMILES string of the molecule is Cc1nc(C(=O)Nc2nc(-c3cccn3C)cs2)c(=O)[nH]c1C. The van der Waals surface area contributed by atoms with Gasteiger partial charge in [0.15, 0.2) is 10.8 Å². The van der Waals surface area contributed by atoms with Crippen molar-refractivity contribution in [3.05, 3.63) is 51.1 Å². The fourth-order valence-corrected chi connectivity index (χ4v) is 2.81. The van der Waals surface area contributed by atoms with Gasteiger partial charge < -0.3 is 9.55 Å². The van der Waals surface area contributed by atoms with E-state index in [4.69, 9.17) is 0 Å². The van der Waals surface area contributed by atoms with Crippen molar-refractivity contribution in [1.82, 2.24) is 19.5 Å². The van der Waals surface area contributed by atoms with Gasteiger partial charge in [-0.2, -0.15) is 0 Å². The van der Waals surface area contributed by atoms with Crippen LogP contribution in [-0.4, -0.2) is 25.4 Å². The van der Waals surface area contributed by atoms with E-state index in [1.807, 2.05) is 35.3 Å². The highest BCUT2D eigenvalue weighted by atomic mass is 32.1. The number of hydrogen-bond acceptors (Lipinski definition) is 5. The van der Waals surface area contributed by atoms with Crippen molar-refractivity contribution < 1.29 is 4.79 Å². The number of aromatic amines is 1. The molecule has 3 aromatic heterocycles. The summed E-state index contributed by atoms with van der Waals surface area (Å²) in [6, 6.07) is 3.86. The van der Waals surface area contributed by atoms with Gasteiger partial charge in [0, 0.05) is 24.3 Å². The summed E-state index contributed by atoms with van der Waals surface area (Å²) in [7, 11) is 1.92. The molecule has 0 saturated heterocycles. The molecule has 1 amide bonds. The smallest absolute Gasteiger partial charge is 0.281 e. The van der Waals surface area contributed by atoms with Crippen LogP contribution in [0.25, 0.3) is 11.4 Å². The second-order valence-corrected chi connectivity index (χ2v) is 5.98. The highest BCUT2D eigenvalue weighted by Gasteiger charge is 2.16. The van der Waals surface area contributed by atoms with Crippen LogP contribution in [0.5, 0.6) is 0 Å². The molecule has 0 aromatic carbocycles. The maximum absolute atomic E-state index is 12.2. The standard InChI is InChI=1S/C15H15N5O2S/c1-8-9(2)17-13(21)12(16-8)14(22)19-15-18-10(7-23-15)11-5-4-6-20(11)3/h4-7H,1-3H3,(H,17,21)(H,18,19,22). The molecule has 3 aromatic rings. The molecule has 118 valence electrons. The van der Waals surface area contributed by atoms with E-state index in [0.717, 1.165) is 11.4 Å². The molecule has 0 aliphatic carbocycles. The number of anilines is 1. The number of H-pyrrole nitrogens is 1. The van der Waals surface area contributed by atoms with Crippen LogP contribution in [0.3, 0.4) is 0 Å². The Kier molecular flexibility index (Phi) is 3.83. The molecule has 0 unspecified atom stereocenters. The molecule has 0 saturated carbocycles. The van der Waals surface area contributed by atoms with Gasteiger partial charge in [-0.05, 0) is 26.0 Å². The van der Waals surface area contributed by atoms with Gasteiger partial charge in [-0.1, -0.05) is 0 Å². The first-order valence-corrected chi connectivity index (χ1v) is 7.80. The summed E-state index contributed by atoms with van der Waals surface area (Å²) in [6.07, 6.45) is 1.92. The lowest BCUT2D eigenvalue weighted by atomic mass is 10.3. The van der Waals surface area contributed by atoms with Crippen molar-refractivity contribution in [1.29, 1.82) is 0 Å². The van der Waals surface area contributed by atoms with Crippen LogP contribution < -0.4 is 10.9 Å². The lowest BCUT2D eigenvalue weighted by Crippen LogP contribution is -2.26. The molecule has 0 radical (unpaired) electrons. The average Bonchev–Trinajstić information content (AvgIpc) is 3.11. The first-order valence-electron chi connectivity index (χ1n) is 6.92. The van der Waals surface area contributed by atoms with Crippen LogP contribution in [0.2, 0.25) is 0 Å². The monoisotopic (exact) mass is 329 g/mol. The summed E-state index contributed by atoms with van der Waals surface area (Å²) in [5.41, 5.74) is 2.29. The third-order valence-corrected chi connectivity index (χ3v) is 4.24. The molecule has 3 heterocycles. The quantitative estimate of drug-likeness (QED) is 0.769. The Morgan fingerprint density at radius 3 is 2.83 bits per heavy atom. The van der Waals surface area contributed by atoms with Crippen molar-refractivity contribution in [3.8, 4) is 11.4 Å². The highest BCUT2D eigenvalue weighted by Crippen LogP contribution is 2.24. The van der Waals surface area contributed by atoms with Crippen LogP contribution in [0.15, 0.2) is 28.5 Å². The summed E-state index contributed by atoms with van der Waals surface area (Å²) >= 11 is 1.30. The zero-order valence-corrected chi connectivity index (χ0v) is 13.7. The Morgan fingerprint density at radius 2 is 2.13 bits per heavy atom. The summed E-state index contributed by atoms with van der Waals surface area (Å²) in [4.78, 5) is 35.1. The number of aryl methyl sites for hydroxylation is 3. The molecular formula is C15H15N5O2S. The third-order valence-electron chi connectivity index (χ3n) is 3.48. The lowest BCUT2D eigenvalue weighted by molar-refractivity contribution is 0.102. The van der Waals surface area contributed by atoms with Gasteiger partial charge in [-0.25, -0.2) is 9.97 Å². The molecule has 3 rings (SSSR count). The molecule has 0 fully saturated rings.